The molecule has 2 N–H and O–H groups in total. The van der Waals surface area contributed by atoms with E-state index >= 15 is 0 Å². The van der Waals surface area contributed by atoms with Crippen molar-refractivity contribution in [1.29, 1.82) is 0 Å². The van der Waals surface area contributed by atoms with Crippen molar-refractivity contribution in [3.05, 3.63) is 23.9 Å². The Morgan fingerprint density at radius 2 is 2.10 bits per heavy atom. The lowest BCUT2D eigenvalue weighted by Crippen LogP contribution is -2.30. The van der Waals surface area contributed by atoms with E-state index in [9.17, 15) is 9.59 Å². The molecule has 0 saturated heterocycles. The highest BCUT2D eigenvalue weighted by atomic mass is 16.4. The molecule has 0 aromatic carbocycles. The summed E-state index contributed by atoms with van der Waals surface area (Å²) in [5.41, 5.74) is 0.473. The van der Waals surface area contributed by atoms with Gasteiger partial charge in [-0.05, 0) is 18.1 Å². The summed E-state index contributed by atoms with van der Waals surface area (Å²) in [5.74, 6) is -0.348. The standard InChI is InChI=1S/C14H21N3O3/c1-4-10(7-13(18)19)8-16-14(20)11-5-6-12(15-9-11)17(2)3/h5-6,9-10H,4,7-8H2,1-3H3,(H,16,20)(H,18,19). The van der Waals surface area contributed by atoms with E-state index in [1.165, 1.54) is 6.20 Å². The third-order valence-electron chi connectivity index (χ3n) is 3.06. The van der Waals surface area contributed by atoms with E-state index in [-0.39, 0.29) is 18.2 Å². The summed E-state index contributed by atoms with van der Waals surface area (Å²) >= 11 is 0. The Bertz CT molecular complexity index is 457. The van der Waals surface area contributed by atoms with Crippen LogP contribution in [0, 0.1) is 5.92 Å². The van der Waals surface area contributed by atoms with Gasteiger partial charge in [0.05, 0.1) is 5.56 Å². The third-order valence-corrected chi connectivity index (χ3v) is 3.06. The lowest BCUT2D eigenvalue weighted by atomic mass is 10.0. The summed E-state index contributed by atoms with van der Waals surface area (Å²) in [4.78, 5) is 28.6. The zero-order chi connectivity index (χ0) is 15.1. The molecule has 0 fully saturated rings. The van der Waals surface area contributed by atoms with Crippen molar-refractivity contribution < 1.29 is 14.7 Å². The van der Waals surface area contributed by atoms with Crippen molar-refractivity contribution in [2.24, 2.45) is 5.92 Å². The average Bonchev–Trinajstić information content (AvgIpc) is 2.42. The summed E-state index contributed by atoms with van der Waals surface area (Å²) in [6.45, 7) is 2.27. The molecule has 1 atom stereocenters. The van der Waals surface area contributed by atoms with E-state index in [0.717, 1.165) is 5.82 Å². The highest BCUT2D eigenvalue weighted by Gasteiger charge is 2.13. The minimum atomic E-state index is -0.844. The molecule has 1 heterocycles. The molecule has 0 aliphatic heterocycles. The van der Waals surface area contributed by atoms with Crippen LogP contribution in [0.3, 0.4) is 0 Å². The van der Waals surface area contributed by atoms with Gasteiger partial charge in [-0.15, -0.1) is 0 Å². The van der Waals surface area contributed by atoms with Crippen LogP contribution in [-0.4, -0.2) is 42.6 Å². The van der Waals surface area contributed by atoms with Crippen LogP contribution in [0.2, 0.25) is 0 Å². The Morgan fingerprint density at radius 3 is 2.55 bits per heavy atom. The monoisotopic (exact) mass is 279 g/mol. The molecular formula is C14H21N3O3. The van der Waals surface area contributed by atoms with Gasteiger partial charge in [0.15, 0.2) is 0 Å². The van der Waals surface area contributed by atoms with E-state index in [2.05, 4.69) is 10.3 Å². The smallest absolute Gasteiger partial charge is 0.303 e. The molecule has 20 heavy (non-hydrogen) atoms. The number of carboxylic acid groups (broad SMARTS) is 1. The highest BCUT2D eigenvalue weighted by Crippen LogP contribution is 2.09. The Kier molecular flexibility index (Phi) is 5.96. The number of aromatic nitrogens is 1. The Morgan fingerprint density at radius 1 is 1.40 bits per heavy atom. The molecule has 0 saturated carbocycles. The number of hydrogen-bond donors (Lipinski definition) is 2. The molecule has 0 aliphatic carbocycles. The fraction of sp³-hybridized carbons (Fsp3) is 0.500. The molecule has 1 amide bonds. The summed E-state index contributed by atoms with van der Waals surface area (Å²) < 4.78 is 0. The predicted molar refractivity (Wildman–Crippen MR) is 76.9 cm³/mol. The van der Waals surface area contributed by atoms with Crippen molar-refractivity contribution in [3.8, 4) is 0 Å². The quantitative estimate of drug-likeness (QED) is 0.788. The molecule has 1 rings (SSSR count). The van der Waals surface area contributed by atoms with Crippen LogP contribution in [0.4, 0.5) is 5.82 Å². The maximum Gasteiger partial charge on any atom is 0.303 e. The lowest BCUT2D eigenvalue weighted by molar-refractivity contribution is -0.138. The molecule has 6 heteroatoms. The number of amides is 1. The second kappa shape index (κ2) is 7.47. The van der Waals surface area contributed by atoms with Crippen LogP contribution in [0.5, 0.6) is 0 Å². The number of carboxylic acids is 1. The number of carbonyl (C=O) groups excluding carboxylic acids is 1. The molecule has 1 unspecified atom stereocenters. The van der Waals surface area contributed by atoms with Crippen molar-refractivity contribution in [2.45, 2.75) is 19.8 Å². The number of nitrogens with one attached hydrogen (secondary N) is 1. The first-order valence-electron chi connectivity index (χ1n) is 6.57. The van der Waals surface area contributed by atoms with E-state index < -0.39 is 5.97 Å². The molecule has 0 spiro atoms. The van der Waals surface area contributed by atoms with Crippen LogP contribution in [0.15, 0.2) is 18.3 Å². The number of pyridine rings is 1. The van der Waals surface area contributed by atoms with Gasteiger partial charge in [0.25, 0.3) is 5.91 Å². The lowest BCUT2D eigenvalue weighted by Gasteiger charge is -2.14. The molecule has 0 aliphatic rings. The van der Waals surface area contributed by atoms with Crippen LogP contribution < -0.4 is 10.2 Å². The molecule has 0 radical (unpaired) electrons. The van der Waals surface area contributed by atoms with Crippen molar-refractivity contribution >= 4 is 17.7 Å². The average molecular weight is 279 g/mol. The number of aliphatic carboxylic acids is 1. The Labute approximate surface area is 118 Å². The molecule has 1 aromatic rings. The number of anilines is 1. The number of rotatable bonds is 7. The van der Waals surface area contributed by atoms with Gasteiger partial charge in [0.2, 0.25) is 0 Å². The van der Waals surface area contributed by atoms with Gasteiger partial charge in [-0.2, -0.15) is 0 Å². The minimum absolute atomic E-state index is 0.0505. The number of hydrogen-bond acceptors (Lipinski definition) is 4. The fourth-order valence-corrected chi connectivity index (χ4v) is 1.73. The van der Waals surface area contributed by atoms with Gasteiger partial charge in [0.1, 0.15) is 5.82 Å². The van der Waals surface area contributed by atoms with Crippen LogP contribution in [-0.2, 0) is 4.79 Å². The largest absolute Gasteiger partial charge is 0.481 e. The second-order valence-corrected chi connectivity index (χ2v) is 4.88. The molecule has 1 aromatic heterocycles. The first kappa shape index (κ1) is 15.9. The predicted octanol–water partition coefficient (Wildman–Crippen LogP) is 1.38. The van der Waals surface area contributed by atoms with Gasteiger partial charge in [-0.25, -0.2) is 4.98 Å². The molecule has 6 nitrogen and oxygen atoms in total. The zero-order valence-corrected chi connectivity index (χ0v) is 12.1. The van der Waals surface area contributed by atoms with E-state index in [1.807, 2.05) is 25.9 Å². The SMILES string of the molecule is CCC(CNC(=O)c1ccc(N(C)C)nc1)CC(=O)O. The Hall–Kier alpha value is -2.11. The van der Waals surface area contributed by atoms with Crippen molar-refractivity contribution in [3.63, 3.8) is 0 Å². The first-order chi connectivity index (χ1) is 9.43. The number of nitrogens with zero attached hydrogens (tertiary/aromatic N) is 2. The van der Waals surface area contributed by atoms with Crippen molar-refractivity contribution in [2.75, 3.05) is 25.5 Å². The highest BCUT2D eigenvalue weighted by molar-refractivity contribution is 5.94. The summed E-state index contributed by atoms with van der Waals surface area (Å²) in [5, 5.41) is 11.5. The number of carbonyl (C=O) groups is 2. The van der Waals surface area contributed by atoms with E-state index in [1.54, 1.807) is 12.1 Å². The fourth-order valence-electron chi connectivity index (χ4n) is 1.73. The van der Waals surface area contributed by atoms with Gasteiger partial charge in [-0.3, -0.25) is 9.59 Å². The van der Waals surface area contributed by atoms with Gasteiger partial charge in [-0.1, -0.05) is 13.3 Å². The first-order valence-corrected chi connectivity index (χ1v) is 6.57. The van der Waals surface area contributed by atoms with E-state index in [0.29, 0.717) is 18.5 Å². The maximum absolute atomic E-state index is 11.9. The molecule has 0 bridgehead atoms. The van der Waals surface area contributed by atoms with Crippen LogP contribution in [0.25, 0.3) is 0 Å². The minimum Gasteiger partial charge on any atom is -0.481 e. The zero-order valence-electron chi connectivity index (χ0n) is 12.1. The second-order valence-electron chi connectivity index (χ2n) is 4.88. The summed E-state index contributed by atoms with van der Waals surface area (Å²) in [6.07, 6.45) is 2.29. The molecular weight excluding hydrogens is 258 g/mol. The van der Waals surface area contributed by atoms with Gasteiger partial charge < -0.3 is 15.3 Å². The maximum atomic E-state index is 11.9. The van der Waals surface area contributed by atoms with E-state index in [4.69, 9.17) is 5.11 Å². The van der Waals surface area contributed by atoms with Crippen LogP contribution >= 0.6 is 0 Å². The van der Waals surface area contributed by atoms with Crippen molar-refractivity contribution in [1.82, 2.24) is 10.3 Å². The van der Waals surface area contributed by atoms with Crippen LogP contribution in [0.1, 0.15) is 30.1 Å². The normalized spacial score (nSPS) is 11.8. The summed E-state index contributed by atoms with van der Waals surface area (Å²) in [6, 6.07) is 3.47. The third kappa shape index (κ3) is 4.87. The summed E-state index contributed by atoms with van der Waals surface area (Å²) in [7, 11) is 3.75. The Balaban J connectivity index is 2.55. The molecule has 110 valence electrons. The van der Waals surface area contributed by atoms with Gasteiger partial charge >= 0.3 is 5.97 Å². The topological polar surface area (TPSA) is 82.5 Å². The van der Waals surface area contributed by atoms with Gasteiger partial charge in [0, 0.05) is 33.3 Å².